The molecule has 1 heterocycles. The molecule has 17 heavy (non-hydrogen) atoms. The highest BCUT2D eigenvalue weighted by Crippen LogP contribution is 2.23. The van der Waals surface area contributed by atoms with Crippen LogP contribution in [-0.4, -0.2) is 26.9 Å². The molecule has 0 saturated heterocycles. The summed E-state index contributed by atoms with van der Waals surface area (Å²) in [4.78, 5) is 3.87. The molecule has 0 aliphatic heterocycles. The van der Waals surface area contributed by atoms with Crippen LogP contribution in [0.25, 0.3) is 11.4 Å². The van der Waals surface area contributed by atoms with Crippen molar-refractivity contribution < 1.29 is 19.1 Å². The third-order valence-electron chi connectivity index (χ3n) is 2.16. The minimum absolute atomic E-state index is 0.0315. The Morgan fingerprint density at radius 3 is 2.88 bits per heavy atom. The van der Waals surface area contributed by atoms with E-state index in [4.69, 9.17) is 15.4 Å². The van der Waals surface area contributed by atoms with Crippen molar-refractivity contribution in [3.8, 4) is 17.1 Å². The van der Waals surface area contributed by atoms with Crippen LogP contribution in [0.4, 0.5) is 4.39 Å². The van der Waals surface area contributed by atoms with Crippen LogP contribution >= 0.6 is 0 Å². The van der Waals surface area contributed by atoms with Crippen LogP contribution in [-0.2, 0) is 0 Å². The van der Waals surface area contributed by atoms with E-state index >= 15 is 0 Å². The Kier molecular flexibility index (Phi) is 3.03. The summed E-state index contributed by atoms with van der Waals surface area (Å²) >= 11 is 0. The first kappa shape index (κ1) is 11.5. The van der Waals surface area contributed by atoms with Crippen LogP contribution < -0.4 is 5.73 Å². The number of nitrogens with zero attached hydrogens (tertiary/aromatic N) is 2. The number of hydrogen-bond acceptors (Lipinski definition) is 6. The molecule has 4 N–H and O–H groups in total. The molecule has 1 atom stereocenters. The average molecular weight is 239 g/mol. The second kappa shape index (κ2) is 4.48. The molecule has 6 nitrogen and oxygen atoms in total. The molecule has 0 aliphatic carbocycles. The molecule has 0 aliphatic rings. The van der Waals surface area contributed by atoms with E-state index in [9.17, 15) is 9.50 Å². The van der Waals surface area contributed by atoms with Crippen LogP contribution in [0.3, 0.4) is 0 Å². The molecule has 2 aromatic rings. The number of aromatic nitrogens is 2. The zero-order valence-electron chi connectivity index (χ0n) is 8.67. The van der Waals surface area contributed by atoms with E-state index in [0.29, 0.717) is 5.56 Å². The van der Waals surface area contributed by atoms with E-state index in [-0.39, 0.29) is 18.3 Å². The number of nitrogens with two attached hydrogens (primary N) is 1. The van der Waals surface area contributed by atoms with Gasteiger partial charge in [-0.15, -0.1) is 0 Å². The third-order valence-corrected chi connectivity index (χ3v) is 2.16. The normalized spacial score (nSPS) is 12.6. The summed E-state index contributed by atoms with van der Waals surface area (Å²) in [6.07, 6.45) is -1.04. The lowest BCUT2D eigenvalue weighted by Crippen LogP contribution is -2.11. The average Bonchev–Trinajstić information content (AvgIpc) is 2.81. The molecule has 90 valence electrons. The van der Waals surface area contributed by atoms with Gasteiger partial charge >= 0.3 is 0 Å². The Bertz CT molecular complexity index is 529. The Hall–Kier alpha value is -1.99. The SMILES string of the molecule is NC[C@H](O)c1nc(-c2ccc(O)c(F)c2)no1. The second-order valence-corrected chi connectivity index (χ2v) is 3.37. The van der Waals surface area contributed by atoms with Crippen molar-refractivity contribution in [2.24, 2.45) is 5.73 Å². The molecule has 1 aromatic heterocycles. The molecule has 2 rings (SSSR count). The second-order valence-electron chi connectivity index (χ2n) is 3.37. The van der Waals surface area contributed by atoms with Gasteiger partial charge in [0.2, 0.25) is 5.82 Å². The van der Waals surface area contributed by atoms with Gasteiger partial charge in [0.05, 0.1) is 0 Å². The minimum Gasteiger partial charge on any atom is -0.505 e. The largest absolute Gasteiger partial charge is 0.505 e. The maximum absolute atomic E-state index is 13.1. The quantitative estimate of drug-likeness (QED) is 0.723. The van der Waals surface area contributed by atoms with E-state index in [1.807, 2.05) is 0 Å². The van der Waals surface area contributed by atoms with E-state index in [1.54, 1.807) is 0 Å². The van der Waals surface area contributed by atoms with Crippen LogP contribution in [0.2, 0.25) is 0 Å². The Labute approximate surface area is 95.5 Å². The highest BCUT2D eigenvalue weighted by Gasteiger charge is 2.16. The first-order chi connectivity index (χ1) is 8.11. The predicted molar refractivity (Wildman–Crippen MR) is 55.4 cm³/mol. The number of aliphatic hydroxyl groups is 1. The number of aliphatic hydroxyl groups excluding tert-OH is 1. The molecule has 0 spiro atoms. The molecular formula is C10H10FN3O3. The summed E-state index contributed by atoms with van der Waals surface area (Å²) in [5, 5.41) is 22.0. The molecule has 0 unspecified atom stereocenters. The first-order valence-corrected chi connectivity index (χ1v) is 4.82. The lowest BCUT2D eigenvalue weighted by molar-refractivity contribution is 0.141. The Balaban J connectivity index is 2.33. The smallest absolute Gasteiger partial charge is 0.257 e. The fourth-order valence-corrected chi connectivity index (χ4v) is 1.23. The van der Waals surface area contributed by atoms with Gasteiger partial charge in [0.15, 0.2) is 11.6 Å². The van der Waals surface area contributed by atoms with Gasteiger partial charge in [-0.25, -0.2) is 4.39 Å². The molecule has 0 amide bonds. The minimum atomic E-state index is -1.04. The van der Waals surface area contributed by atoms with Crippen molar-refractivity contribution >= 4 is 0 Å². The van der Waals surface area contributed by atoms with E-state index in [2.05, 4.69) is 10.1 Å². The topological polar surface area (TPSA) is 105 Å². The van der Waals surface area contributed by atoms with Crippen molar-refractivity contribution in [1.29, 1.82) is 0 Å². The van der Waals surface area contributed by atoms with Crippen molar-refractivity contribution in [1.82, 2.24) is 10.1 Å². The fraction of sp³-hybridized carbons (Fsp3) is 0.200. The summed E-state index contributed by atoms with van der Waals surface area (Å²) in [5.41, 5.74) is 5.56. The number of aromatic hydroxyl groups is 1. The first-order valence-electron chi connectivity index (χ1n) is 4.82. The summed E-state index contributed by atoms with van der Waals surface area (Å²) in [6.45, 7) is -0.0500. The number of rotatable bonds is 3. The molecular weight excluding hydrogens is 229 g/mol. The lowest BCUT2D eigenvalue weighted by Gasteiger charge is -1.98. The summed E-state index contributed by atoms with van der Waals surface area (Å²) in [7, 11) is 0. The van der Waals surface area contributed by atoms with Crippen molar-refractivity contribution in [3.05, 3.63) is 29.9 Å². The van der Waals surface area contributed by atoms with Crippen LogP contribution in [0.1, 0.15) is 12.0 Å². The predicted octanol–water partition coefficient (Wildman–Crippen LogP) is 0.573. The molecule has 0 bridgehead atoms. The maximum atomic E-state index is 13.1. The van der Waals surface area contributed by atoms with E-state index in [0.717, 1.165) is 6.07 Å². The summed E-state index contributed by atoms with van der Waals surface area (Å²) < 4.78 is 17.9. The highest BCUT2D eigenvalue weighted by atomic mass is 19.1. The molecule has 0 saturated carbocycles. The molecule has 0 radical (unpaired) electrons. The third kappa shape index (κ3) is 2.24. The van der Waals surface area contributed by atoms with Gasteiger partial charge in [-0.2, -0.15) is 4.98 Å². The van der Waals surface area contributed by atoms with Gasteiger partial charge in [0.1, 0.15) is 6.10 Å². The van der Waals surface area contributed by atoms with Crippen molar-refractivity contribution in [2.75, 3.05) is 6.54 Å². The van der Waals surface area contributed by atoms with E-state index in [1.165, 1.54) is 12.1 Å². The number of hydrogen-bond donors (Lipinski definition) is 3. The van der Waals surface area contributed by atoms with Gasteiger partial charge < -0.3 is 20.5 Å². The van der Waals surface area contributed by atoms with Crippen LogP contribution in [0.5, 0.6) is 5.75 Å². The Morgan fingerprint density at radius 1 is 1.47 bits per heavy atom. The monoisotopic (exact) mass is 239 g/mol. The summed E-state index contributed by atoms with van der Waals surface area (Å²) in [6, 6.07) is 3.68. The number of phenolic OH excluding ortho intramolecular Hbond substituents is 1. The zero-order chi connectivity index (χ0) is 12.4. The van der Waals surface area contributed by atoms with Gasteiger partial charge in [0, 0.05) is 12.1 Å². The highest BCUT2D eigenvalue weighted by molar-refractivity contribution is 5.55. The van der Waals surface area contributed by atoms with E-state index < -0.39 is 17.7 Å². The summed E-state index contributed by atoms with van der Waals surface area (Å²) in [5.74, 6) is -1.16. The molecule has 1 aromatic carbocycles. The number of benzene rings is 1. The standard InChI is InChI=1S/C10H10FN3O3/c11-6-3-5(1-2-7(6)15)9-13-10(17-14-9)8(16)4-12/h1-3,8,15-16H,4,12H2/t8-/m0/s1. The number of halogens is 1. The van der Waals surface area contributed by atoms with Gasteiger partial charge in [-0.3, -0.25) is 0 Å². The van der Waals surface area contributed by atoms with Crippen molar-refractivity contribution in [3.63, 3.8) is 0 Å². The molecule has 7 heteroatoms. The van der Waals surface area contributed by atoms with Gasteiger partial charge in [-0.1, -0.05) is 5.16 Å². The van der Waals surface area contributed by atoms with Gasteiger partial charge in [-0.05, 0) is 18.2 Å². The van der Waals surface area contributed by atoms with Gasteiger partial charge in [0.25, 0.3) is 5.89 Å². The van der Waals surface area contributed by atoms with Crippen LogP contribution in [0, 0.1) is 5.82 Å². The maximum Gasteiger partial charge on any atom is 0.257 e. The Morgan fingerprint density at radius 2 is 2.24 bits per heavy atom. The lowest BCUT2D eigenvalue weighted by atomic mass is 10.2. The number of phenols is 1. The fourth-order valence-electron chi connectivity index (χ4n) is 1.23. The van der Waals surface area contributed by atoms with Crippen molar-refractivity contribution in [2.45, 2.75) is 6.10 Å². The zero-order valence-corrected chi connectivity index (χ0v) is 8.67. The molecule has 0 fully saturated rings. The van der Waals surface area contributed by atoms with Crippen LogP contribution in [0.15, 0.2) is 22.7 Å².